The Labute approximate surface area is 85.4 Å². The van der Waals surface area contributed by atoms with Crippen molar-refractivity contribution < 1.29 is 9.53 Å². The molecular weight excluding hydrogens is 180 g/mol. The maximum Gasteiger partial charge on any atom is 0.424 e. The number of rotatable bonds is 2. The maximum atomic E-state index is 11.5. The van der Waals surface area contributed by atoms with Gasteiger partial charge in [-0.2, -0.15) is 0 Å². The van der Waals surface area contributed by atoms with Gasteiger partial charge in [-0.3, -0.25) is 0 Å². The second kappa shape index (κ2) is 3.77. The minimum absolute atomic E-state index is 0.0878. The van der Waals surface area contributed by atoms with Crippen molar-refractivity contribution in [3.05, 3.63) is 0 Å². The fraction of sp³-hybridized carbons (Fsp3) is 0.900. The number of hydrogen-bond acceptors (Lipinski definition) is 3. The molecule has 0 spiro atoms. The van der Waals surface area contributed by atoms with Gasteiger partial charge in [-0.25, -0.2) is 15.6 Å². The molecule has 1 aliphatic rings. The molecule has 2 N–H and O–H groups in total. The van der Waals surface area contributed by atoms with Crippen LogP contribution in [-0.2, 0) is 4.74 Å². The van der Waals surface area contributed by atoms with E-state index in [0.717, 1.165) is 12.8 Å². The van der Waals surface area contributed by atoms with Crippen LogP contribution in [0.2, 0.25) is 0 Å². The van der Waals surface area contributed by atoms with Crippen molar-refractivity contribution in [1.29, 1.82) is 0 Å². The summed E-state index contributed by atoms with van der Waals surface area (Å²) in [6.45, 7) is 7.46. The first-order valence-electron chi connectivity index (χ1n) is 5.08. The highest BCUT2D eigenvalue weighted by Gasteiger charge is 2.34. The smallest absolute Gasteiger partial charge is 0.424 e. The Morgan fingerprint density at radius 2 is 2.00 bits per heavy atom. The van der Waals surface area contributed by atoms with Crippen LogP contribution in [0.4, 0.5) is 4.79 Å². The molecule has 4 nitrogen and oxygen atoms in total. The molecule has 1 saturated carbocycles. The standard InChI is InChI=1S/C10H20N2O2/c1-7(8-5-6-8)12(11)9(13)14-10(2,3)4/h7-8H,5-6,11H2,1-4H3. The topological polar surface area (TPSA) is 55.6 Å². The van der Waals surface area contributed by atoms with E-state index >= 15 is 0 Å². The van der Waals surface area contributed by atoms with E-state index in [1.54, 1.807) is 0 Å². The molecule has 0 aromatic heterocycles. The van der Waals surface area contributed by atoms with E-state index in [0.29, 0.717) is 5.92 Å². The zero-order valence-electron chi connectivity index (χ0n) is 9.41. The van der Waals surface area contributed by atoms with Gasteiger partial charge < -0.3 is 4.74 Å². The van der Waals surface area contributed by atoms with Gasteiger partial charge in [0.25, 0.3) is 0 Å². The molecule has 4 heteroatoms. The maximum absolute atomic E-state index is 11.5. The second-order valence-electron chi connectivity index (χ2n) is 4.97. The summed E-state index contributed by atoms with van der Waals surface area (Å²) in [5, 5.41) is 1.21. The first-order chi connectivity index (χ1) is 6.31. The van der Waals surface area contributed by atoms with Crippen LogP contribution >= 0.6 is 0 Å². The lowest BCUT2D eigenvalue weighted by molar-refractivity contribution is 0.0153. The number of hydrazine groups is 1. The Morgan fingerprint density at radius 3 is 2.36 bits per heavy atom. The van der Waals surface area contributed by atoms with Crippen molar-refractivity contribution in [2.45, 2.75) is 52.2 Å². The highest BCUT2D eigenvalue weighted by atomic mass is 16.6. The molecule has 82 valence electrons. The minimum atomic E-state index is -0.474. The molecule has 0 heterocycles. The van der Waals surface area contributed by atoms with E-state index in [1.165, 1.54) is 5.01 Å². The molecule has 0 aromatic carbocycles. The molecule has 0 aliphatic heterocycles. The molecule has 1 atom stereocenters. The van der Waals surface area contributed by atoms with Crippen LogP contribution in [0.5, 0.6) is 0 Å². The predicted octanol–water partition coefficient (Wildman–Crippen LogP) is 1.90. The summed E-state index contributed by atoms with van der Waals surface area (Å²) in [6, 6.07) is 0.0878. The predicted molar refractivity (Wildman–Crippen MR) is 54.4 cm³/mol. The zero-order chi connectivity index (χ0) is 10.9. The molecule has 0 aromatic rings. The van der Waals surface area contributed by atoms with Crippen LogP contribution in [0.1, 0.15) is 40.5 Å². The largest absolute Gasteiger partial charge is 0.443 e. The zero-order valence-corrected chi connectivity index (χ0v) is 9.41. The molecule has 14 heavy (non-hydrogen) atoms. The summed E-state index contributed by atoms with van der Waals surface area (Å²) < 4.78 is 5.16. The van der Waals surface area contributed by atoms with Crippen molar-refractivity contribution in [1.82, 2.24) is 5.01 Å². The van der Waals surface area contributed by atoms with E-state index in [1.807, 2.05) is 27.7 Å². The van der Waals surface area contributed by atoms with Gasteiger partial charge in [0.05, 0.1) is 6.04 Å². The molecule has 1 unspecified atom stereocenters. The van der Waals surface area contributed by atoms with Gasteiger partial charge >= 0.3 is 6.09 Å². The Morgan fingerprint density at radius 1 is 1.50 bits per heavy atom. The lowest BCUT2D eigenvalue weighted by Gasteiger charge is -2.28. The van der Waals surface area contributed by atoms with Crippen molar-refractivity contribution in [2.24, 2.45) is 11.8 Å². The van der Waals surface area contributed by atoms with Gasteiger partial charge in [-0.1, -0.05) is 0 Å². The molecule has 0 saturated heterocycles. The third-order valence-corrected chi connectivity index (χ3v) is 2.35. The second-order valence-corrected chi connectivity index (χ2v) is 4.97. The van der Waals surface area contributed by atoms with Gasteiger partial charge in [0.2, 0.25) is 0 Å². The SMILES string of the molecule is CC(C1CC1)N(N)C(=O)OC(C)(C)C. The Balaban J connectivity index is 2.43. The van der Waals surface area contributed by atoms with E-state index in [4.69, 9.17) is 10.6 Å². The average Bonchev–Trinajstić information content (AvgIpc) is 2.80. The molecule has 1 rings (SSSR count). The van der Waals surface area contributed by atoms with Crippen LogP contribution in [0, 0.1) is 5.92 Å². The van der Waals surface area contributed by atoms with Gasteiger partial charge in [-0.15, -0.1) is 0 Å². The van der Waals surface area contributed by atoms with Gasteiger partial charge in [0, 0.05) is 0 Å². The van der Waals surface area contributed by atoms with E-state index in [-0.39, 0.29) is 6.04 Å². The summed E-state index contributed by atoms with van der Waals surface area (Å²) in [6.07, 6.45) is 1.90. The third kappa shape index (κ3) is 3.18. The number of nitrogens with two attached hydrogens (primary N) is 1. The number of carbonyl (C=O) groups excluding carboxylic acids is 1. The van der Waals surface area contributed by atoms with Crippen LogP contribution < -0.4 is 5.84 Å². The fourth-order valence-corrected chi connectivity index (χ4v) is 1.29. The summed E-state index contributed by atoms with van der Waals surface area (Å²) >= 11 is 0. The normalized spacial score (nSPS) is 18.9. The van der Waals surface area contributed by atoms with Crippen LogP contribution in [0.25, 0.3) is 0 Å². The van der Waals surface area contributed by atoms with Crippen LogP contribution in [0.3, 0.4) is 0 Å². The monoisotopic (exact) mass is 200 g/mol. The van der Waals surface area contributed by atoms with Crippen molar-refractivity contribution >= 4 is 6.09 Å². The molecule has 1 amide bonds. The van der Waals surface area contributed by atoms with E-state index in [9.17, 15) is 4.79 Å². The molecule has 0 radical (unpaired) electrons. The lowest BCUT2D eigenvalue weighted by atomic mass is 10.2. The summed E-state index contributed by atoms with van der Waals surface area (Å²) in [5.74, 6) is 6.23. The van der Waals surface area contributed by atoms with Gasteiger partial charge in [0.15, 0.2) is 0 Å². The highest BCUT2D eigenvalue weighted by Crippen LogP contribution is 2.34. The van der Waals surface area contributed by atoms with E-state index < -0.39 is 11.7 Å². The number of amides is 1. The quantitative estimate of drug-likeness (QED) is 0.421. The van der Waals surface area contributed by atoms with Crippen LogP contribution in [-0.4, -0.2) is 22.7 Å². The highest BCUT2D eigenvalue weighted by molar-refractivity contribution is 5.67. The first kappa shape index (κ1) is 11.3. The van der Waals surface area contributed by atoms with Gasteiger partial charge in [-0.05, 0) is 46.5 Å². The Hall–Kier alpha value is -0.770. The summed E-state index contributed by atoms with van der Waals surface area (Å²) in [5.41, 5.74) is -0.474. The fourth-order valence-electron chi connectivity index (χ4n) is 1.29. The average molecular weight is 200 g/mol. The molecule has 0 bridgehead atoms. The minimum Gasteiger partial charge on any atom is -0.443 e. The molecule has 1 aliphatic carbocycles. The number of ether oxygens (including phenoxy) is 1. The van der Waals surface area contributed by atoms with E-state index in [2.05, 4.69) is 0 Å². The van der Waals surface area contributed by atoms with Gasteiger partial charge in [0.1, 0.15) is 5.60 Å². The number of carbonyl (C=O) groups is 1. The molecule has 1 fully saturated rings. The summed E-state index contributed by atoms with van der Waals surface area (Å²) in [4.78, 5) is 11.5. The molecular formula is C10H20N2O2. The number of nitrogens with zero attached hydrogens (tertiary/aromatic N) is 1. The Kier molecular flexibility index (Phi) is 3.04. The van der Waals surface area contributed by atoms with Crippen molar-refractivity contribution in [3.63, 3.8) is 0 Å². The first-order valence-corrected chi connectivity index (χ1v) is 5.08. The van der Waals surface area contributed by atoms with Crippen molar-refractivity contribution in [3.8, 4) is 0 Å². The Bertz CT molecular complexity index is 219. The number of hydrogen-bond donors (Lipinski definition) is 1. The third-order valence-electron chi connectivity index (χ3n) is 2.35. The lowest BCUT2D eigenvalue weighted by Crippen LogP contribution is -2.47. The summed E-state index contributed by atoms with van der Waals surface area (Å²) in [7, 11) is 0. The van der Waals surface area contributed by atoms with Crippen molar-refractivity contribution in [2.75, 3.05) is 0 Å². The van der Waals surface area contributed by atoms with Crippen LogP contribution in [0.15, 0.2) is 0 Å².